The van der Waals surface area contributed by atoms with E-state index in [-0.39, 0.29) is 16.1 Å². The van der Waals surface area contributed by atoms with E-state index < -0.39 is 5.97 Å². The number of halogens is 2. The van der Waals surface area contributed by atoms with Gasteiger partial charge in [0.05, 0.1) is 5.56 Å². The van der Waals surface area contributed by atoms with Gasteiger partial charge in [-0.3, -0.25) is 4.79 Å². The van der Waals surface area contributed by atoms with Gasteiger partial charge < -0.3 is 9.67 Å². The summed E-state index contributed by atoms with van der Waals surface area (Å²) in [5.74, 6) is -0.543. The summed E-state index contributed by atoms with van der Waals surface area (Å²) in [6.45, 7) is 0.445. The van der Waals surface area contributed by atoms with E-state index in [1.807, 2.05) is 36.4 Å². The molecule has 0 saturated heterocycles. The Morgan fingerprint density at radius 2 is 1.81 bits per heavy atom. The molecule has 6 heteroatoms. The van der Waals surface area contributed by atoms with E-state index in [0.29, 0.717) is 23.9 Å². The van der Waals surface area contributed by atoms with E-state index >= 15 is 0 Å². The normalized spacial score (nSPS) is 13.6. The van der Waals surface area contributed by atoms with Gasteiger partial charge in [0.25, 0.3) is 5.56 Å². The zero-order valence-electron chi connectivity index (χ0n) is 16.7. The number of aromatic carboxylic acids is 1. The molecule has 4 nitrogen and oxygen atoms in total. The Morgan fingerprint density at radius 3 is 2.45 bits per heavy atom. The zero-order chi connectivity index (χ0) is 22.0. The number of nitrogens with zero attached hydrogens (tertiary/aromatic N) is 1. The van der Waals surface area contributed by atoms with Crippen LogP contribution in [0.25, 0.3) is 12.2 Å². The standard InChI is InChI=1S/C25H21Cl2NO3/c26-20-3-1-2-17(14-20)6-11-23-21(18-9-10-18)15-22(27)24(29)28(23)13-12-16-4-7-19(8-5-16)25(30)31/h1-8,11,14-15,18H,9-10,12-13H2,(H,30,31)/b11-6+. The van der Waals surface area contributed by atoms with Crippen molar-refractivity contribution in [1.82, 2.24) is 4.57 Å². The highest BCUT2D eigenvalue weighted by Gasteiger charge is 2.28. The molecule has 158 valence electrons. The molecule has 0 aliphatic heterocycles. The highest BCUT2D eigenvalue weighted by atomic mass is 35.5. The van der Waals surface area contributed by atoms with Gasteiger partial charge in [0, 0.05) is 17.3 Å². The zero-order valence-corrected chi connectivity index (χ0v) is 18.2. The van der Waals surface area contributed by atoms with Gasteiger partial charge in [0.2, 0.25) is 0 Å². The minimum atomic E-state index is -0.958. The van der Waals surface area contributed by atoms with Gasteiger partial charge in [-0.2, -0.15) is 0 Å². The molecule has 0 radical (unpaired) electrons. The van der Waals surface area contributed by atoms with Crippen LogP contribution in [0.3, 0.4) is 0 Å². The molecule has 0 unspecified atom stereocenters. The predicted molar refractivity (Wildman–Crippen MR) is 125 cm³/mol. The molecule has 1 fully saturated rings. The van der Waals surface area contributed by atoms with Crippen LogP contribution in [0.15, 0.2) is 59.4 Å². The first-order valence-corrected chi connectivity index (χ1v) is 10.9. The number of rotatable bonds is 7. The number of hydrogen-bond acceptors (Lipinski definition) is 2. The number of aromatic nitrogens is 1. The monoisotopic (exact) mass is 453 g/mol. The number of benzene rings is 2. The molecule has 0 amide bonds. The van der Waals surface area contributed by atoms with Crippen LogP contribution in [0.1, 0.15) is 51.5 Å². The molecule has 0 atom stereocenters. The van der Waals surface area contributed by atoms with Crippen molar-refractivity contribution in [2.75, 3.05) is 0 Å². The number of carbonyl (C=O) groups is 1. The average Bonchev–Trinajstić information content (AvgIpc) is 3.59. The third-order valence-electron chi connectivity index (χ3n) is 5.44. The van der Waals surface area contributed by atoms with Crippen LogP contribution in [0.2, 0.25) is 10.0 Å². The third kappa shape index (κ3) is 5.09. The summed E-state index contributed by atoms with van der Waals surface area (Å²) in [6.07, 6.45) is 6.68. The lowest BCUT2D eigenvalue weighted by Gasteiger charge is -2.16. The topological polar surface area (TPSA) is 59.3 Å². The number of aryl methyl sites for hydroxylation is 1. The molecule has 3 aromatic rings. The maximum atomic E-state index is 12.9. The molecular formula is C25H21Cl2NO3. The smallest absolute Gasteiger partial charge is 0.335 e. The van der Waals surface area contributed by atoms with Gasteiger partial charge in [0.1, 0.15) is 5.02 Å². The molecule has 1 aliphatic rings. The second-order valence-corrected chi connectivity index (χ2v) is 8.55. The lowest BCUT2D eigenvalue weighted by Crippen LogP contribution is -2.25. The Morgan fingerprint density at radius 1 is 1.06 bits per heavy atom. The number of pyridine rings is 1. The molecular weight excluding hydrogens is 433 g/mol. The molecule has 0 spiro atoms. The first-order valence-electron chi connectivity index (χ1n) is 10.1. The quantitative estimate of drug-likeness (QED) is 0.466. The minimum Gasteiger partial charge on any atom is -0.478 e. The minimum absolute atomic E-state index is 0.223. The summed E-state index contributed by atoms with van der Waals surface area (Å²) < 4.78 is 1.72. The Hall–Kier alpha value is -2.82. The van der Waals surface area contributed by atoms with E-state index in [4.69, 9.17) is 28.3 Å². The Labute approximate surface area is 190 Å². The lowest BCUT2D eigenvalue weighted by molar-refractivity contribution is 0.0697. The highest BCUT2D eigenvalue weighted by molar-refractivity contribution is 6.31. The Kier molecular flexibility index (Phi) is 6.30. The Bertz CT molecular complexity index is 1210. The van der Waals surface area contributed by atoms with Crippen LogP contribution in [0, 0.1) is 0 Å². The maximum absolute atomic E-state index is 12.9. The van der Waals surface area contributed by atoms with Crippen LogP contribution >= 0.6 is 23.2 Å². The van der Waals surface area contributed by atoms with Crippen molar-refractivity contribution >= 4 is 41.3 Å². The summed E-state index contributed by atoms with van der Waals surface area (Å²) in [5, 5.41) is 9.95. The molecule has 0 bridgehead atoms. The van der Waals surface area contributed by atoms with Crippen LogP contribution in [-0.2, 0) is 13.0 Å². The summed E-state index contributed by atoms with van der Waals surface area (Å²) in [5.41, 5.74) is 3.87. The van der Waals surface area contributed by atoms with E-state index in [0.717, 1.165) is 35.2 Å². The fraction of sp³-hybridized carbons (Fsp3) is 0.200. The summed E-state index contributed by atoms with van der Waals surface area (Å²) in [6, 6.07) is 16.1. The lowest BCUT2D eigenvalue weighted by atomic mass is 10.1. The van der Waals surface area contributed by atoms with Crippen molar-refractivity contribution in [1.29, 1.82) is 0 Å². The van der Waals surface area contributed by atoms with Crippen molar-refractivity contribution in [3.05, 3.63) is 103 Å². The third-order valence-corrected chi connectivity index (χ3v) is 5.95. The number of carboxylic acid groups (broad SMARTS) is 1. The summed E-state index contributed by atoms with van der Waals surface area (Å²) in [4.78, 5) is 24.0. The number of hydrogen-bond donors (Lipinski definition) is 1. The first kappa shape index (κ1) is 21.4. The van der Waals surface area contributed by atoms with Gasteiger partial charge in [-0.25, -0.2) is 4.79 Å². The van der Waals surface area contributed by atoms with E-state index in [2.05, 4.69) is 0 Å². The van der Waals surface area contributed by atoms with Crippen molar-refractivity contribution in [3.8, 4) is 0 Å². The second kappa shape index (κ2) is 9.13. The highest BCUT2D eigenvalue weighted by Crippen LogP contribution is 2.42. The van der Waals surface area contributed by atoms with Gasteiger partial charge in [0.15, 0.2) is 0 Å². The Balaban J connectivity index is 1.68. The van der Waals surface area contributed by atoms with E-state index in [9.17, 15) is 9.59 Å². The van der Waals surface area contributed by atoms with E-state index in [1.54, 1.807) is 34.9 Å². The largest absolute Gasteiger partial charge is 0.478 e. The van der Waals surface area contributed by atoms with Gasteiger partial charge in [-0.15, -0.1) is 0 Å². The second-order valence-electron chi connectivity index (χ2n) is 7.70. The van der Waals surface area contributed by atoms with Gasteiger partial charge in [-0.1, -0.05) is 53.5 Å². The molecule has 4 rings (SSSR count). The first-order chi connectivity index (χ1) is 14.9. The predicted octanol–water partition coefficient (Wildman–Crippen LogP) is 6.14. The number of carboxylic acids is 1. The molecule has 1 heterocycles. The molecule has 2 aromatic carbocycles. The van der Waals surface area contributed by atoms with Crippen LogP contribution in [0.4, 0.5) is 0 Å². The molecule has 1 saturated carbocycles. The molecule has 1 aromatic heterocycles. The van der Waals surface area contributed by atoms with Crippen molar-refractivity contribution in [2.24, 2.45) is 0 Å². The van der Waals surface area contributed by atoms with Crippen LogP contribution in [0.5, 0.6) is 0 Å². The van der Waals surface area contributed by atoms with Crippen molar-refractivity contribution in [3.63, 3.8) is 0 Å². The van der Waals surface area contributed by atoms with Crippen LogP contribution < -0.4 is 5.56 Å². The molecule has 1 N–H and O–H groups in total. The summed E-state index contributed by atoms with van der Waals surface area (Å²) in [7, 11) is 0. The van der Waals surface area contributed by atoms with Crippen molar-refractivity contribution < 1.29 is 9.90 Å². The summed E-state index contributed by atoms with van der Waals surface area (Å²) >= 11 is 12.4. The van der Waals surface area contributed by atoms with Gasteiger partial charge >= 0.3 is 5.97 Å². The van der Waals surface area contributed by atoms with Crippen molar-refractivity contribution in [2.45, 2.75) is 31.7 Å². The maximum Gasteiger partial charge on any atom is 0.335 e. The average molecular weight is 454 g/mol. The SMILES string of the molecule is O=C(O)c1ccc(CCn2c(/C=C/c3cccc(Cl)c3)c(C3CC3)cc(Cl)c2=O)cc1. The molecule has 1 aliphatic carbocycles. The van der Waals surface area contributed by atoms with Gasteiger partial charge in [-0.05, 0) is 78.3 Å². The fourth-order valence-electron chi connectivity index (χ4n) is 3.64. The van der Waals surface area contributed by atoms with E-state index in [1.165, 1.54) is 0 Å². The van der Waals surface area contributed by atoms with Crippen LogP contribution in [-0.4, -0.2) is 15.6 Å². The molecule has 31 heavy (non-hydrogen) atoms. The fourth-order valence-corrected chi connectivity index (χ4v) is 4.05.